The second kappa shape index (κ2) is 15.4. The quantitative estimate of drug-likeness (QED) is 0.173. The largest absolute Gasteiger partial charge is 0.495 e. The van der Waals surface area contributed by atoms with Crippen molar-refractivity contribution in [2.45, 2.75) is 37.8 Å². The highest BCUT2D eigenvalue weighted by Gasteiger charge is 2.35. The predicted molar refractivity (Wildman–Crippen MR) is 181 cm³/mol. The fourth-order valence-electron chi connectivity index (χ4n) is 4.84. The lowest BCUT2D eigenvalue weighted by Crippen LogP contribution is -2.53. The molecular formula is C34H35BrClN3O5S. The lowest BCUT2D eigenvalue weighted by atomic mass is 10.0. The van der Waals surface area contributed by atoms with Gasteiger partial charge >= 0.3 is 0 Å². The molecule has 0 aliphatic rings. The average Bonchev–Trinajstić information content (AvgIpc) is 3.03. The standard InChI is InChI=1S/C34H35BrClN3O5S/c1-4-37-34(41)31(20-25-8-6-5-7-9-25)38(22-26-12-14-27(35)15-13-26)33(40)23-39(30-21-28(36)16-19-32(30)44-3)45(42,43)29-17-10-24(2)11-18-29/h5-19,21,31H,4,20,22-23H2,1-3H3,(H,37,41)/t31-/m0/s1. The van der Waals surface area contributed by atoms with Crippen LogP contribution in [0.25, 0.3) is 0 Å². The van der Waals surface area contributed by atoms with Gasteiger partial charge in [-0.3, -0.25) is 13.9 Å². The van der Waals surface area contributed by atoms with Crippen LogP contribution in [0.15, 0.2) is 106 Å². The number of hydrogen-bond donors (Lipinski definition) is 1. The Morgan fingerprint density at radius 3 is 2.22 bits per heavy atom. The number of sulfonamides is 1. The van der Waals surface area contributed by atoms with E-state index in [2.05, 4.69) is 21.2 Å². The molecule has 1 atom stereocenters. The van der Waals surface area contributed by atoms with Crippen LogP contribution >= 0.6 is 27.5 Å². The van der Waals surface area contributed by atoms with E-state index in [4.69, 9.17) is 16.3 Å². The number of likely N-dealkylation sites (N-methyl/N-ethyl adjacent to an activating group) is 1. The number of rotatable bonds is 13. The number of carbonyl (C=O) groups is 2. The second-order valence-corrected chi connectivity index (χ2v) is 13.6. The van der Waals surface area contributed by atoms with E-state index in [1.54, 1.807) is 31.2 Å². The third-order valence-electron chi connectivity index (χ3n) is 7.19. The van der Waals surface area contributed by atoms with Gasteiger partial charge in [0.15, 0.2) is 0 Å². The van der Waals surface area contributed by atoms with E-state index in [0.717, 1.165) is 25.5 Å². The second-order valence-electron chi connectivity index (χ2n) is 10.4. The smallest absolute Gasteiger partial charge is 0.264 e. The van der Waals surface area contributed by atoms with Crippen molar-refractivity contribution in [2.24, 2.45) is 0 Å². The molecule has 0 bridgehead atoms. The highest BCUT2D eigenvalue weighted by atomic mass is 79.9. The molecule has 0 saturated carbocycles. The van der Waals surface area contributed by atoms with Gasteiger partial charge < -0.3 is 15.0 Å². The first-order valence-corrected chi connectivity index (χ1v) is 16.9. The number of amides is 2. The molecule has 0 aliphatic carbocycles. The molecule has 1 N–H and O–H groups in total. The van der Waals surface area contributed by atoms with Crippen LogP contribution in [0.4, 0.5) is 5.69 Å². The van der Waals surface area contributed by atoms with Crippen LogP contribution in [0.3, 0.4) is 0 Å². The van der Waals surface area contributed by atoms with Gasteiger partial charge in [-0.25, -0.2) is 8.42 Å². The molecule has 4 rings (SSSR count). The number of ether oxygens (including phenoxy) is 1. The molecule has 11 heteroatoms. The number of halogens is 2. The number of benzene rings is 4. The Morgan fingerprint density at radius 2 is 1.60 bits per heavy atom. The molecule has 0 aliphatic heterocycles. The van der Waals surface area contributed by atoms with Gasteiger partial charge in [-0.2, -0.15) is 0 Å². The number of carbonyl (C=O) groups excluding carboxylic acids is 2. The molecule has 8 nitrogen and oxygen atoms in total. The zero-order valence-corrected chi connectivity index (χ0v) is 28.4. The molecule has 0 saturated heterocycles. The summed E-state index contributed by atoms with van der Waals surface area (Å²) in [5.41, 5.74) is 2.59. The first-order chi connectivity index (χ1) is 21.5. The number of methoxy groups -OCH3 is 1. The third kappa shape index (κ3) is 8.65. The zero-order chi connectivity index (χ0) is 32.6. The number of aryl methyl sites for hydroxylation is 1. The van der Waals surface area contributed by atoms with Crippen LogP contribution in [-0.4, -0.2) is 51.4 Å². The minimum atomic E-state index is -4.30. The van der Waals surface area contributed by atoms with Crippen molar-refractivity contribution < 1.29 is 22.7 Å². The summed E-state index contributed by atoms with van der Waals surface area (Å²) < 4.78 is 35.9. The van der Waals surface area contributed by atoms with E-state index in [0.29, 0.717) is 6.54 Å². The SMILES string of the molecule is CCNC(=O)[C@H](Cc1ccccc1)N(Cc1ccc(Br)cc1)C(=O)CN(c1cc(Cl)ccc1OC)S(=O)(=O)c1ccc(C)cc1. The molecule has 4 aromatic rings. The Balaban J connectivity index is 1.84. The lowest BCUT2D eigenvalue weighted by molar-refractivity contribution is -0.140. The summed E-state index contributed by atoms with van der Waals surface area (Å²) in [6.45, 7) is 3.46. The predicted octanol–water partition coefficient (Wildman–Crippen LogP) is 6.39. The monoisotopic (exact) mass is 711 g/mol. The van der Waals surface area contributed by atoms with E-state index in [-0.39, 0.29) is 40.2 Å². The van der Waals surface area contributed by atoms with Crippen molar-refractivity contribution in [1.29, 1.82) is 0 Å². The lowest BCUT2D eigenvalue weighted by Gasteiger charge is -2.34. The number of nitrogens with zero attached hydrogens (tertiary/aromatic N) is 2. The van der Waals surface area contributed by atoms with Gasteiger partial charge in [0.1, 0.15) is 18.3 Å². The normalized spacial score (nSPS) is 11.8. The Morgan fingerprint density at radius 1 is 0.933 bits per heavy atom. The zero-order valence-electron chi connectivity index (χ0n) is 25.2. The van der Waals surface area contributed by atoms with Gasteiger partial charge in [0.2, 0.25) is 11.8 Å². The Kier molecular flexibility index (Phi) is 11.7. The summed E-state index contributed by atoms with van der Waals surface area (Å²) in [6, 6.07) is 26.8. The topological polar surface area (TPSA) is 96.0 Å². The Hall–Kier alpha value is -3.86. The molecule has 236 valence electrons. The first kappa shape index (κ1) is 34.0. The molecule has 0 spiro atoms. The highest BCUT2D eigenvalue weighted by molar-refractivity contribution is 9.10. The summed E-state index contributed by atoms with van der Waals surface area (Å²) in [7, 11) is -2.89. The van der Waals surface area contributed by atoms with Gasteiger partial charge in [0.25, 0.3) is 10.0 Å². The van der Waals surface area contributed by atoms with Gasteiger partial charge in [-0.15, -0.1) is 0 Å². The van der Waals surface area contributed by atoms with Crippen LogP contribution in [0.5, 0.6) is 5.75 Å². The molecule has 4 aromatic carbocycles. The number of nitrogens with one attached hydrogen (secondary N) is 1. The van der Waals surface area contributed by atoms with Crippen LogP contribution in [0.1, 0.15) is 23.6 Å². The van der Waals surface area contributed by atoms with Crippen LogP contribution in [0.2, 0.25) is 5.02 Å². The van der Waals surface area contributed by atoms with Crippen LogP contribution in [-0.2, 0) is 32.6 Å². The van der Waals surface area contributed by atoms with E-state index < -0.39 is 28.5 Å². The highest BCUT2D eigenvalue weighted by Crippen LogP contribution is 2.35. The van der Waals surface area contributed by atoms with Crippen molar-refractivity contribution in [3.05, 3.63) is 123 Å². The summed E-state index contributed by atoms with van der Waals surface area (Å²) in [4.78, 5) is 29.6. The Bertz CT molecular complexity index is 1720. The molecule has 0 aromatic heterocycles. The molecule has 0 fully saturated rings. The average molecular weight is 713 g/mol. The maximum absolute atomic E-state index is 14.5. The minimum Gasteiger partial charge on any atom is -0.495 e. The molecular weight excluding hydrogens is 678 g/mol. The minimum absolute atomic E-state index is 0.00745. The van der Waals surface area contributed by atoms with Crippen molar-refractivity contribution in [3.8, 4) is 5.75 Å². The van der Waals surface area contributed by atoms with Crippen molar-refractivity contribution >= 4 is 55.1 Å². The van der Waals surface area contributed by atoms with Crippen molar-refractivity contribution in [2.75, 3.05) is 24.5 Å². The van der Waals surface area contributed by atoms with Gasteiger partial charge in [0.05, 0.1) is 17.7 Å². The van der Waals surface area contributed by atoms with Gasteiger partial charge in [-0.05, 0) is 67.4 Å². The van der Waals surface area contributed by atoms with E-state index in [9.17, 15) is 18.0 Å². The third-order valence-corrected chi connectivity index (χ3v) is 9.72. The Labute approximate surface area is 278 Å². The van der Waals surface area contributed by atoms with Crippen molar-refractivity contribution in [3.63, 3.8) is 0 Å². The molecule has 45 heavy (non-hydrogen) atoms. The molecule has 0 heterocycles. The van der Waals surface area contributed by atoms with Gasteiger partial charge in [-0.1, -0.05) is 87.7 Å². The molecule has 2 amide bonds. The number of anilines is 1. The van der Waals surface area contributed by atoms with E-state index in [1.165, 1.54) is 30.2 Å². The molecule has 0 unspecified atom stereocenters. The van der Waals surface area contributed by atoms with E-state index >= 15 is 0 Å². The van der Waals surface area contributed by atoms with E-state index in [1.807, 2.05) is 61.5 Å². The number of hydrogen-bond acceptors (Lipinski definition) is 5. The summed E-state index contributed by atoms with van der Waals surface area (Å²) in [5.74, 6) is -0.713. The fraction of sp³-hybridized carbons (Fsp3) is 0.235. The van der Waals surface area contributed by atoms with Gasteiger partial charge in [0, 0.05) is 29.0 Å². The van der Waals surface area contributed by atoms with Crippen LogP contribution < -0.4 is 14.4 Å². The fourth-order valence-corrected chi connectivity index (χ4v) is 6.69. The van der Waals surface area contributed by atoms with Crippen molar-refractivity contribution in [1.82, 2.24) is 10.2 Å². The summed E-state index contributed by atoms with van der Waals surface area (Å²) in [6.07, 6.45) is 0.222. The summed E-state index contributed by atoms with van der Waals surface area (Å²) in [5, 5.41) is 3.12. The van der Waals surface area contributed by atoms with Crippen LogP contribution in [0, 0.1) is 6.92 Å². The first-order valence-electron chi connectivity index (χ1n) is 14.3. The maximum Gasteiger partial charge on any atom is 0.264 e. The summed E-state index contributed by atoms with van der Waals surface area (Å²) >= 11 is 9.79. The maximum atomic E-state index is 14.5. The molecule has 0 radical (unpaired) electrons.